The minimum atomic E-state index is -0.238. The summed E-state index contributed by atoms with van der Waals surface area (Å²) < 4.78 is 1.69. The van der Waals surface area contributed by atoms with E-state index in [1.165, 1.54) is 12.3 Å². The number of rotatable bonds is 2. The van der Waals surface area contributed by atoms with E-state index in [4.69, 9.17) is 11.6 Å². The fourth-order valence-corrected chi connectivity index (χ4v) is 2.21. The lowest BCUT2D eigenvalue weighted by Crippen LogP contribution is -2.12. The molecule has 0 unspecified atom stereocenters. The van der Waals surface area contributed by atoms with E-state index in [2.05, 4.69) is 42.2 Å². The van der Waals surface area contributed by atoms with Crippen LogP contribution in [0.15, 0.2) is 45.5 Å². The lowest BCUT2D eigenvalue weighted by atomic mass is 10.2. The molecule has 6 heteroatoms. The maximum Gasteiger partial charge on any atom is 0.255 e. The fraction of sp³-hybridized carbons (Fsp3) is 0. The van der Waals surface area contributed by atoms with Crippen LogP contribution in [0.4, 0.5) is 5.69 Å². The predicted molar refractivity (Wildman–Crippen MR) is 79.0 cm³/mol. The Bertz CT molecular complexity index is 604. The number of carbonyl (C=O) groups is 1. The van der Waals surface area contributed by atoms with Gasteiger partial charge in [0.15, 0.2) is 0 Å². The number of nitrogens with zero attached hydrogens (tertiary/aromatic N) is 1. The number of pyridine rings is 1. The van der Waals surface area contributed by atoms with Crippen molar-refractivity contribution >= 4 is 55.1 Å². The average Bonchev–Trinajstić information content (AvgIpc) is 2.34. The molecule has 0 atom stereocenters. The molecule has 2 rings (SSSR count). The van der Waals surface area contributed by atoms with E-state index < -0.39 is 0 Å². The van der Waals surface area contributed by atoms with Crippen LogP contribution >= 0.6 is 43.5 Å². The number of hydrogen-bond acceptors (Lipinski definition) is 2. The molecule has 3 nitrogen and oxygen atoms in total. The third-order valence-corrected chi connectivity index (χ3v) is 3.56. The first kappa shape index (κ1) is 13.5. The van der Waals surface area contributed by atoms with E-state index in [1.54, 1.807) is 6.07 Å². The molecule has 18 heavy (non-hydrogen) atoms. The number of amides is 1. The first-order chi connectivity index (χ1) is 8.56. The van der Waals surface area contributed by atoms with E-state index in [-0.39, 0.29) is 11.1 Å². The molecule has 0 fully saturated rings. The van der Waals surface area contributed by atoms with E-state index in [0.717, 1.165) is 8.95 Å². The number of carbonyl (C=O) groups excluding carboxylic acids is 1. The molecule has 1 aromatic heterocycles. The van der Waals surface area contributed by atoms with E-state index >= 15 is 0 Å². The summed E-state index contributed by atoms with van der Waals surface area (Å²) in [6.07, 6.45) is 1.49. The van der Waals surface area contributed by atoms with Crippen molar-refractivity contribution in [3.8, 4) is 0 Å². The maximum absolute atomic E-state index is 12.0. The van der Waals surface area contributed by atoms with Gasteiger partial charge in [-0.05, 0) is 46.3 Å². The van der Waals surface area contributed by atoms with Crippen LogP contribution in [0.5, 0.6) is 0 Å². The molecule has 92 valence electrons. The molecule has 0 aliphatic carbocycles. The van der Waals surface area contributed by atoms with Crippen LogP contribution in [0.25, 0.3) is 0 Å². The van der Waals surface area contributed by atoms with Gasteiger partial charge in [0, 0.05) is 20.7 Å². The number of aromatic nitrogens is 1. The topological polar surface area (TPSA) is 42.0 Å². The second-order valence-corrected chi connectivity index (χ2v) is 5.60. The van der Waals surface area contributed by atoms with Crippen LogP contribution in [0.3, 0.4) is 0 Å². The standard InChI is InChI=1S/C12H7Br2ClN2O/c13-8-1-2-9(14)10(6-8)17-12(18)7-3-4-16-11(15)5-7/h1-6H,(H,17,18). The molecule has 1 aromatic carbocycles. The highest BCUT2D eigenvalue weighted by Crippen LogP contribution is 2.26. The van der Waals surface area contributed by atoms with Gasteiger partial charge in [0.1, 0.15) is 5.15 Å². The van der Waals surface area contributed by atoms with Gasteiger partial charge in [0.25, 0.3) is 5.91 Å². The van der Waals surface area contributed by atoms with Gasteiger partial charge in [0.05, 0.1) is 5.69 Å². The van der Waals surface area contributed by atoms with Gasteiger partial charge in [0.2, 0.25) is 0 Å². The summed E-state index contributed by atoms with van der Waals surface area (Å²) in [7, 11) is 0. The molecular weight excluding hydrogens is 383 g/mol. The Hall–Kier alpha value is -0.910. The Morgan fingerprint density at radius 1 is 1.22 bits per heavy atom. The van der Waals surface area contributed by atoms with E-state index in [9.17, 15) is 4.79 Å². The number of nitrogens with one attached hydrogen (secondary N) is 1. The van der Waals surface area contributed by atoms with Gasteiger partial charge in [-0.3, -0.25) is 4.79 Å². The summed E-state index contributed by atoms with van der Waals surface area (Å²) >= 11 is 12.5. The Kier molecular flexibility index (Phi) is 4.37. The zero-order valence-electron chi connectivity index (χ0n) is 8.95. The van der Waals surface area contributed by atoms with E-state index in [1.807, 2.05) is 18.2 Å². The molecule has 2 aromatic rings. The van der Waals surface area contributed by atoms with Crippen molar-refractivity contribution in [2.24, 2.45) is 0 Å². The Labute approximate surface area is 126 Å². The average molecular weight is 390 g/mol. The molecule has 0 aliphatic rings. The molecule has 1 amide bonds. The van der Waals surface area contributed by atoms with Crippen LogP contribution in [0.1, 0.15) is 10.4 Å². The molecule has 0 radical (unpaired) electrons. The van der Waals surface area contributed by atoms with E-state index in [0.29, 0.717) is 11.3 Å². The number of benzene rings is 1. The number of hydrogen-bond donors (Lipinski definition) is 1. The van der Waals surface area contributed by atoms with Crippen molar-refractivity contribution in [1.29, 1.82) is 0 Å². The molecular formula is C12H7Br2ClN2O. The fourth-order valence-electron chi connectivity index (χ4n) is 1.33. The molecule has 0 bridgehead atoms. The summed E-state index contributed by atoms with van der Waals surface area (Å²) in [5.41, 5.74) is 1.14. The van der Waals surface area contributed by atoms with Gasteiger partial charge in [-0.1, -0.05) is 27.5 Å². The highest BCUT2D eigenvalue weighted by Gasteiger charge is 2.09. The van der Waals surface area contributed by atoms with Gasteiger partial charge in [-0.25, -0.2) is 4.98 Å². The van der Waals surface area contributed by atoms with Crippen LogP contribution in [0, 0.1) is 0 Å². The molecule has 0 saturated carbocycles. The van der Waals surface area contributed by atoms with Gasteiger partial charge in [-0.15, -0.1) is 0 Å². The van der Waals surface area contributed by atoms with Crippen LogP contribution in [-0.4, -0.2) is 10.9 Å². The summed E-state index contributed by atoms with van der Waals surface area (Å²) in [4.78, 5) is 15.8. The minimum absolute atomic E-state index is 0.238. The first-order valence-corrected chi connectivity index (χ1v) is 6.90. The summed E-state index contributed by atoms with van der Waals surface area (Å²) in [6.45, 7) is 0. The monoisotopic (exact) mass is 388 g/mol. The highest BCUT2D eigenvalue weighted by molar-refractivity contribution is 9.11. The molecule has 0 spiro atoms. The zero-order chi connectivity index (χ0) is 13.1. The third-order valence-electron chi connectivity index (χ3n) is 2.17. The van der Waals surface area contributed by atoms with Crippen molar-refractivity contribution in [1.82, 2.24) is 4.98 Å². The highest BCUT2D eigenvalue weighted by atomic mass is 79.9. The van der Waals surface area contributed by atoms with Crippen LogP contribution in [0.2, 0.25) is 5.15 Å². The second-order valence-electron chi connectivity index (χ2n) is 3.45. The Morgan fingerprint density at radius 3 is 2.72 bits per heavy atom. The lowest BCUT2D eigenvalue weighted by Gasteiger charge is -2.08. The van der Waals surface area contributed by atoms with Gasteiger partial charge in [-0.2, -0.15) is 0 Å². The normalized spacial score (nSPS) is 10.2. The summed E-state index contributed by atoms with van der Waals surface area (Å²) in [5.74, 6) is -0.238. The number of anilines is 1. The van der Waals surface area contributed by atoms with Crippen molar-refractivity contribution in [3.05, 3.63) is 56.2 Å². The number of halogens is 3. The molecule has 1 heterocycles. The first-order valence-electron chi connectivity index (χ1n) is 4.94. The maximum atomic E-state index is 12.0. The third kappa shape index (κ3) is 3.31. The summed E-state index contributed by atoms with van der Waals surface area (Å²) in [5, 5.41) is 3.08. The second kappa shape index (κ2) is 5.82. The summed E-state index contributed by atoms with van der Waals surface area (Å²) in [6, 6.07) is 8.66. The quantitative estimate of drug-likeness (QED) is 0.767. The smallest absolute Gasteiger partial charge is 0.255 e. The van der Waals surface area contributed by atoms with Gasteiger partial charge >= 0.3 is 0 Å². The van der Waals surface area contributed by atoms with Crippen molar-refractivity contribution < 1.29 is 4.79 Å². The van der Waals surface area contributed by atoms with Crippen molar-refractivity contribution in [2.75, 3.05) is 5.32 Å². The molecule has 0 saturated heterocycles. The largest absolute Gasteiger partial charge is 0.321 e. The Morgan fingerprint density at radius 2 is 2.00 bits per heavy atom. The van der Waals surface area contributed by atoms with Crippen LogP contribution < -0.4 is 5.32 Å². The molecule has 0 aliphatic heterocycles. The minimum Gasteiger partial charge on any atom is -0.321 e. The SMILES string of the molecule is O=C(Nc1cc(Br)ccc1Br)c1ccnc(Cl)c1. The lowest BCUT2D eigenvalue weighted by molar-refractivity contribution is 0.102. The predicted octanol–water partition coefficient (Wildman–Crippen LogP) is 4.51. The Balaban J connectivity index is 2.24. The van der Waals surface area contributed by atoms with Crippen LogP contribution in [-0.2, 0) is 0 Å². The van der Waals surface area contributed by atoms with Crippen molar-refractivity contribution in [2.45, 2.75) is 0 Å². The van der Waals surface area contributed by atoms with Crippen molar-refractivity contribution in [3.63, 3.8) is 0 Å². The van der Waals surface area contributed by atoms with Gasteiger partial charge < -0.3 is 5.32 Å². The molecule has 1 N–H and O–H groups in total. The zero-order valence-corrected chi connectivity index (χ0v) is 12.9.